The maximum absolute atomic E-state index is 5.42. The Balaban J connectivity index is 1.66. The molecule has 0 radical (unpaired) electrons. The SMILES string of the molecule is CNCC1(CN(C)CCC2CCOCC2)CCC1. The number of nitrogens with one attached hydrogen (secondary N) is 1. The topological polar surface area (TPSA) is 24.5 Å². The first kappa shape index (κ1) is 14.3. The molecule has 0 amide bonds. The van der Waals surface area contributed by atoms with E-state index >= 15 is 0 Å². The predicted octanol–water partition coefficient (Wildman–Crippen LogP) is 2.12. The van der Waals surface area contributed by atoms with E-state index in [0.717, 1.165) is 19.1 Å². The molecule has 1 saturated carbocycles. The molecule has 0 aromatic heterocycles. The quantitative estimate of drug-likeness (QED) is 0.753. The fourth-order valence-corrected chi connectivity index (χ4v) is 3.53. The van der Waals surface area contributed by atoms with Crippen molar-refractivity contribution in [2.45, 2.75) is 38.5 Å². The van der Waals surface area contributed by atoms with Gasteiger partial charge < -0.3 is 15.0 Å². The smallest absolute Gasteiger partial charge is 0.0468 e. The average molecular weight is 254 g/mol. The van der Waals surface area contributed by atoms with Crippen LogP contribution < -0.4 is 5.32 Å². The number of hydrogen-bond acceptors (Lipinski definition) is 3. The molecule has 3 nitrogen and oxygen atoms in total. The Morgan fingerprint density at radius 1 is 1.28 bits per heavy atom. The Bertz CT molecular complexity index is 235. The third-order valence-electron chi connectivity index (χ3n) is 4.83. The van der Waals surface area contributed by atoms with Crippen LogP contribution in [0.15, 0.2) is 0 Å². The van der Waals surface area contributed by atoms with Crippen molar-refractivity contribution in [2.75, 3.05) is 46.9 Å². The minimum absolute atomic E-state index is 0.583. The van der Waals surface area contributed by atoms with Crippen LogP contribution in [0, 0.1) is 11.3 Å². The molecule has 0 aromatic carbocycles. The molecule has 3 heteroatoms. The van der Waals surface area contributed by atoms with Crippen LogP contribution in [-0.2, 0) is 4.74 Å². The van der Waals surface area contributed by atoms with Crippen molar-refractivity contribution in [3.8, 4) is 0 Å². The van der Waals surface area contributed by atoms with Gasteiger partial charge in [0, 0.05) is 26.3 Å². The van der Waals surface area contributed by atoms with Crippen LogP contribution in [0.5, 0.6) is 0 Å². The van der Waals surface area contributed by atoms with Crippen LogP contribution in [-0.4, -0.2) is 51.8 Å². The highest BCUT2D eigenvalue weighted by atomic mass is 16.5. The first-order valence-electron chi connectivity index (χ1n) is 7.65. The lowest BCUT2D eigenvalue weighted by molar-refractivity contribution is 0.0514. The van der Waals surface area contributed by atoms with E-state index < -0.39 is 0 Å². The zero-order valence-corrected chi connectivity index (χ0v) is 12.2. The number of ether oxygens (including phenoxy) is 1. The van der Waals surface area contributed by atoms with Crippen LogP contribution >= 0.6 is 0 Å². The predicted molar refractivity (Wildman–Crippen MR) is 75.9 cm³/mol. The van der Waals surface area contributed by atoms with E-state index in [4.69, 9.17) is 4.74 Å². The molecular weight excluding hydrogens is 224 g/mol. The summed E-state index contributed by atoms with van der Waals surface area (Å²) in [5.74, 6) is 0.905. The van der Waals surface area contributed by atoms with Gasteiger partial charge in [-0.1, -0.05) is 6.42 Å². The molecule has 0 aromatic rings. The standard InChI is InChI=1S/C15H30N2O/c1-16-12-15(7-3-8-15)13-17(2)9-4-14-5-10-18-11-6-14/h14,16H,3-13H2,1-2H3. The third-order valence-corrected chi connectivity index (χ3v) is 4.83. The molecular formula is C15H30N2O. The minimum atomic E-state index is 0.583. The zero-order valence-electron chi connectivity index (χ0n) is 12.2. The zero-order chi connectivity index (χ0) is 12.8. The van der Waals surface area contributed by atoms with E-state index in [-0.39, 0.29) is 0 Å². The fourth-order valence-electron chi connectivity index (χ4n) is 3.53. The van der Waals surface area contributed by atoms with E-state index in [0.29, 0.717) is 5.41 Å². The van der Waals surface area contributed by atoms with Gasteiger partial charge in [-0.3, -0.25) is 0 Å². The molecule has 2 aliphatic rings. The van der Waals surface area contributed by atoms with E-state index in [2.05, 4.69) is 24.3 Å². The highest BCUT2D eigenvalue weighted by Gasteiger charge is 2.37. The molecule has 2 fully saturated rings. The molecule has 1 saturated heterocycles. The first-order valence-corrected chi connectivity index (χ1v) is 7.65. The van der Waals surface area contributed by atoms with Crippen molar-refractivity contribution < 1.29 is 4.74 Å². The molecule has 1 aliphatic heterocycles. The summed E-state index contributed by atoms with van der Waals surface area (Å²) in [6.07, 6.45) is 8.15. The van der Waals surface area contributed by atoms with E-state index in [9.17, 15) is 0 Å². The van der Waals surface area contributed by atoms with Crippen LogP contribution in [0.3, 0.4) is 0 Å². The Morgan fingerprint density at radius 3 is 2.56 bits per heavy atom. The van der Waals surface area contributed by atoms with Crippen molar-refractivity contribution in [1.82, 2.24) is 10.2 Å². The largest absolute Gasteiger partial charge is 0.381 e. The molecule has 0 spiro atoms. The summed E-state index contributed by atoms with van der Waals surface area (Å²) in [7, 11) is 4.39. The lowest BCUT2D eigenvalue weighted by Crippen LogP contribution is -2.47. The molecule has 0 unspecified atom stereocenters. The molecule has 106 valence electrons. The Labute approximate surface area is 112 Å². The van der Waals surface area contributed by atoms with Crippen molar-refractivity contribution in [3.63, 3.8) is 0 Å². The molecule has 2 rings (SSSR count). The van der Waals surface area contributed by atoms with Crippen LogP contribution in [0.4, 0.5) is 0 Å². The summed E-state index contributed by atoms with van der Waals surface area (Å²) < 4.78 is 5.42. The van der Waals surface area contributed by atoms with Crippen LogP contribution in [0.1, 0.15) is 38.5 Å². The van der Waals surface area contributed by atoms with Gasteiger partial charge in [0.1, 0.15) is 0 Å². The van der Waals surface area contributed by atoms with Gasteiger partial charge in [0.15, 0.2) is 0 Å². The van der Waals surface area contributed by atoms with Gasteiger partial charge in [-0.05, 0) is 64.1 Å². The molecule has 1 aliphatic carbocycles. The number of rotatable bonds is 7. The van der Waals surface area contributed by atoms with Gasteiger partial charge in [0.2, 0.25) is 0 Å². The van der Waals surface area contributed by atoms with Gasteiger partial charge in [-0.2, -0.15) is 0 Å². The van der Waals surface area contributed by atoms with Gasteiger partial charge in [0.25, 0.3) is 0 Å². The van der Waals surface area contributed by atoms with Crippen molar-refractivity contribution >= 4 is 0 Å². The summed E-state index contributed by atoms with van der Waals surface area (Å²) >= 11 is 0. The summed E-state index contributed by atoms with van der Waals surface area (Å²) in [4.78, 5) is 2.56. The lowest BCUT2D eigenvalue weighted by atomic mass is 9.68. The van der Waals surface area contributed by atoms with E-state index in [1.54, 1.807) is 0 Å². The van der Waals surface area contributed by atoms with Crippen molar-refractivity contribution in [3.05, 3.63) is 0 Å². The summed E-state index contributed by atoms with van der Waals surface area (Å²) in [5.41, 5.74) is 0.583. The van der Waals surface area contributed by atoms with Gasteiger partial charge in [-0.25, -0.2) is 0 Å². The van der Waals surface area contributed by atoms with Crippen molar-refractivity contribution in [2.24, 2.45) is 11.3 Å². The summed E-state index contributed by atoms with van der Waals surface area (Å²) in [6, 6.07) is 0. The molecule has 0 atom stereocenters. The van der Waals surface area contributed by atoms with Crippen LogP contribution in [0.2, 0.25) is 0 Å². The van der Waals surface area contributed by atoms with Gasteiger partial charge in [-0.15, -0.1) is 0 Å². The summed E-state index contributed by atoms with van der Waals surface area (Å²) in [5, 5.41) is 3.38. The normalized spacial score (nSPS) is 24.2. The molecule has 1 heterocycles. The Morgan fingerprint density at radius 2 is 2.00 bits per heavy atom. The van der Waals surface area contributed by atoms with Crippen molar-refractivity contribution in [1.29, 1.82) is 0 Å². The second-order valence-electron chi connectivity index (χ2n) is 6.47. The van der Waals surface area contributed by atoms with Crippen LogP contribution in [0.25, 0.3) is 0 Å². The van der Waals surface area contributed by atoms with E-state index in [1.165, 1.54) is 58.2 Å². The third kappa shape index (κ3) is 3.94. The minimum Gasteiger partial charge on any atom is -0.381 e. The molecule has 0 bridgehead atoms. The highest BCUT2D eigenvalue weighted by Crippen LogP contribution is 2.40. The Hall–Kier alpha value is -0.120. The van der Waals surface area contributed by atoms with E-state index in [1.807, 2.05) is 0 Å². The molecule has 1 N–H and O–H groups in total. The number of nitrogens with zero attached hydrogens (tertiary/aromatic N) is 1. The second-order valence-corrected chi connectivity index (χ2v) is 6.47. The average Bonchev–Trinajstić information content (AvgIpc) is 2.35. The fraction of sp³-hybridized carbons (Fsp3) is 1.00. The highest BCUT2D eigenvalue weighted by molar-refractivity contribution is 4.91. The van der Waals surface area contributed by atoms with Gasteiger partial charge >= 0.3 is 0 Å². The maximum Gasteiger partial charge on any atom is 0.0468 e. The molecule has 18 heavy (non-hydrogen) atoms. The lowest BCUT2D eigenvalue weighted by Gasteiger charge is -2.44. The Kier molecular flexibility index (Phi) is 5.46. The second kappa shape index (κ2) is 6.88. The monoisotopic (exact) mass is 254 g/mol. The first-order chi connectivity index (χ1) is 8.74. The van der Waals surface area contributed by atoms with Gasteiger partial charge in [0.05, 0.1) is 0 Å². The summed E-state index contributed by atoms with van der Waals surface area (Å²) in [6.45, 7) is 5.69. The number of hydrogen-bond donors (Lipinski definition) is 1. The maximum atomic E-state index is 5.42.